The van der Waals surface area contributed by atoms with Crippen LogP contribution in [0.3, 0.4) is 0 Å². The average Bonchev–Trinajstić information content (AvgIpc) is 2.63. The van der Waals surface area contributed by atoms with Crippen molar-refractivity contribution in [2.75, 3.05) is 12.0 Å². The summed E-state index contributed by atoms with van der Waals surface area (Å²) in [7, 11) is -3.19. The molecule has 1 aromatic carbocycles. The van der Waals surface area contributed by atoms with Gasteiger partial charge in [0.05, 0.1) is 4.90 Å². The van der Waals surface area contributed by atoms with Crippen LogP contribution in [-0.2, 0) is 9.84 Å². The number of aromatic nitrogens is 1. The number of nitrogens with two attached hydrogens (primary N) is 1. The molecule has 0 bridgehead atoms. The Morgan fingerprint density at radius 3 is 2.47 bits per heavy atom. The number of hydrogen-bond acceptors (Lipinski definition) is 5. The Hall–Kier alpha value is -1.82. The molecule has 0 saturated heterocycles. The Morgan fingerprint density at radius 2 is 2.00 bits per heavy atom. The van der Waals surface area contributed by atoms with E-state index in [0.717, 1.165) is 11.1 Å². The van der Waals surface area contributed by atoms with E-state index in [1.54, 1.807) is 18.2 Å². The van der Waals surface area contributed by atoms with Gasteiger partial charge >= 0.3 is 0 Å². The molecule has 2 rings (SSSR count). The van der Waals surface area contributed by atoms with Crippen LogP contribution in [0.4, 0.5) is 5.82 Å². The average molecular weight is 252 g/mol. The monoisotopic (exact) mass is 252 g/mol. The van der Waals surface area contributed by atoms with Crippen molar-refractivity contribution >= 4 is 15.7 Å². The van der Waals surface area contributed by atoms with E-state index in [-0.39, 0.29) is 4.90 Å². The minimum atomic E-state index is -3.19. The number of sulfone groups is 1. The number of benzene rings is 1. The van der Waals surface area contributed by atoms with Crippen LogP contribution < -0.4 is 5.73 Å². The number of anilines is 1. The summed E-state index contributed by atoms with van der Waals surface area (Å²) in [5.74, 6) is 0.826. The first-order valence-corrected chi connectivity index (χ1v) is 6.80. The minimum absolute atomic E-state index is 0.284. The lowest BCUT2D eigenvalue weighted by molar-refractivity contribution is 0.435. The van der Waals surface area contributed by atoms with Crippen molar-refractivity contribution in [2.24, 2.45) is 0 Å². The number of aryl methyl sites for hydroxylation is 1. The molecule has 2 aromatic rings. The maximum Gasteiger partial charge on any atom is 0.175 e. The maximum atomic E-state index is 11.4. The Morgan fingerprint density at radius 1 is 1.29 bits per heavy atom. The van der Waals surface area contributed by atoms with Crippen LogP contribution in [0.1, 0.15) is 5.56 Å². The summed E-state index contributed by atoms with van der Waals surface area (Å²) in [6.45, 7) is 1.81. The van der Waals surface area contributed by atoms with E-state index in [9.17, 15) is 8.42 Å². The molecule has 0 aliphatic rings. The molecule has 0 aliphatic heterocycles. The summed E-state index contributed by atoms with van der Waals surface area (Å²) in [5, 5.41) is 3.59. The van der Waals surface area contributed by atoms with E-state index in [4.69, 9.17) is 10.3 Å². The largest absolute Gasteiger partial charge is 0.381 e. The molecular formula is C11H12N2O3S. The molecule has 1 aromatic heterocycles. The molecule has 6 heteroatoms. The van der Waals surface area contributed by atoms with E-state index in [2.05, 4.69) is 5.16 Å². The summed E-state index contributed by atoms with van der Waals surface area (Å²) in [6.07, 6.45) is 1.17. The topological polar surface area (TPSA) is 86.2 Å². The smallest absolute Gasteiger partial charge is 0.175 e. The highest BCUT2D eigenvalue weighted by Crippen LogP contribution is 2.26. The van der Waals surface area contributed by atoms with Crippen LogP contribution in [0.5, 0.6) is 0 Å². The lowest BCUT2D eigenvalue weighted by Crippen LogP contribution is -1.97. The van der Waals surface area contributed by atoms with Crippen LogP contribution in [0.2, 0.25) is 0 Å². The van der Waals surface area contributed by atoms with Gasteiger partial charge in [-0.1, -0.05) is 5.16 Å². The van der Waals surface area contributed by atoms with E-state index in [0.29, 0.717) is 11.6 Å². The van der Waals surface area contributed by atoms with Gasteiger partial charge in [0.15, 0.2) is 21.4 Å². The van der Waals surface area contributed by atoms with Gasteiger partial charge in [-0.2, -0.15) is 0 Å². The van der Waals surface area contributed by atoms with Gasteiger partial charge in [-0.05, 0) is 30.7 Å². The van der Waals surface area contributed by atoms with Crippen LogP contribution in [0, 0.1) is 6.92 Å². The molecule has 5 nitrogen and oxygen atoms in total. The van der Waals surface area contributed by atoms with Crippen LogP contribution in [0.15, 0.2) is 33.7 Å². The summed E-state index contributed by atoms with van der Waals surface area (Å²) < 4.78 is 27.8. The fourth-order valence-electron chi connectivity index (χ4n) is 1.56. The molecule has 0 radical (unpaired) electrons. The third kappa shape index (κ3) is 2.31. The van der Waals surface area contributed by atoms with Crippen molar-refractivity contribution in [3.8, 4) is 11.3 Å². The zero-order valence-electron chi connectivity index (χ0n) is 9.47. The Labute approximate surface area is 99.1 Å². The van der Waals surface area contributed by atoms with E-state index < -0.39 is 9.84 Å². The second kappa shape index (κ2) is 3.89. The molecule has 0 spiro atoms. The lowest BCUT2D eigenvalue weighted by atomic mass is 10.1. The third-order valence-corrected chi connectivity index (χ3v) is 3.53. The highest BCUT2D eigenvalue weighted by atomic mass is 32.2. The molecule has 0 saturated carbocycles. The Balaban J connectivity index is 2.53. The van der Waals surface area contributed by atoms with Gasteiger partial charge in [0, 0.05) is 17.9 Å². The first kappa shape index (κ1) is 11.7. The maximum absolute atomic E-state index is 11.4. The first-order valence-electron chi connectivity index (χ1n) is 4.91. The van der Waals surface area contributed by atoms with E-state index in [1.807, 2.05) is 6.92 Å². The Bertz CT molecular complexity index is 659. The SMILES string of the molecule is Cc1cc(S(C)(=O)=O)ccc1-c1cc(N)no1. The van der Waals surface area contributed by atoms with Crippen molar-refractivity contribution in [3.05, 3.63) is 29.8 Å². The lowest BCUT2D eigenvalue weighted by Gasteiger charge is -2.04. The molecule has 2 N–H and O–H groups in total. The van der Waals surface area contributed by atoms with Crippen molar-refractivity contribution in [1.82, 2.24) is 5.16 Å². The predicted molar refractivity (Wildman–Crippen MR) is 64.2 cm³/mol. The normalized spacial score (nSPS) is 11.6. The molecule has 0 atom stereocenters. The number of hydrogen-bond donors (Lipinski definition) is 1. The molecule has 0 fully saturated rings. The summed E-state index contributed by atoms with van der Waals surface area (Å²) in [4.78, 5) is 0.284. The second-order valence-corrected chi connectivity index (χ2v) is 5.88. The van der Waals surface area contributed by atoms with Gasteiger partial charge in [-0.25, -0.2) is 8.42 Å². The number of nitrogens with zero attached hydrogens (tertiary/aromatic N) is 1. The molecule has 1 heterocycles. The van der Waals surface area contributed by atoms with Crippen LogP contribution >= 0.6 is 0 Å². The fourth-order valence-corrected chi connectivity index (χ4v) is 2.27. The van der Waals surface area contributed by atoms with Gasteiger partial charge in [0.1, 0.15) is 0 Å². The van der Waals surface area contributed by atoms with Gasteiger partial charge in [-0.15, -0.1) is 0 Å². The number of nitrogen functional groups attached to an aromatic ring is 1. The molecule has 90 valence electrons. The third-order valence-electron chi connectivity index (χ3n) is 2.42. The number of rotatable bonds is 2. The van der Waals surface area contributed by atoms with Crippen LogP contribution in [0.25, 0.3) is 11.3 Å². The molecule has 0 aliphatic carbocycles. The highest BCUT2D eigenvalue weighted by molar-refractivity contribution is 7.90. The van der Waals surface area contributed by atoms with Gasteiger partial charge < -0.3 is 10.3 Å². The summed E-state index contributed by atoms with van der Waals surface area (Å²) >= 11 is 0. The fraction of sp³-hybridized carbons (Fsp3) is 0.182. The standard InChI is InChI=1S/C11H12N2O3S/c1-7-5-8(17(2,14)15)3-4-9(7)10-6-11(12)13-16-10/h3-6H,1-2H3,(H2,12,13). The predicted octanol–water partition coefficient (Wildman–Crippen LogP) is 1.64. The van der Waals surface area contributed by atoms with Crippen molar-refractivity contribution in [3.63, 3.8) is 0 Å². The summed E-state index contributed by atoms with van der Waals surface area (Å²) in [5.41, 5.74) is 7.04. The van der Waals surface area contributed by atoms with Crippen molar-refractivity contribution < 1.29 is 12.9 Å². The molecule has 0 amide bonds. The quantitative estimate of drug-likeness (QED) is 0.878. The van der Waals surface area contributed by atoms with Crippen LogP contribution in [-0.4, -0.2) is 19.8 Å². The van der Waals surface area contributed by atoms with Gasteiger partial charge in [0.2, 0.25) is 0 Å². The molecule has 0 unspecified atom stereocenters. The van der Waals surface area contributed by atoms with E-state index in [1.165, 1.54) is 12.3 Å². The van der Waals surface area contributed by atoms with Crippen molar-refractivity contribution in [2.45, 2.75) is 11.8 Å². The van der Waals surface area contributed by atoms with Crippen molar-refractivity contribution in [1.29, 1.82) is 0 Å². The molecule has 17 heavy (non-hydrogen) atoms. The highest BCUT2D eigenvalue weighted by Gasteiger charge is 2.12. The van der Waals surface area contributed by atoms with E-state index >= 15 is 0 Å². The van der Waals surface area contributed by atoms with Gasteiger partial charge in [0.25, 0.3) is 0 Å². The van der Waals surface area contributed by atoms with Gasteiger partial charge in [-0.3, -0.25) is 0 Å². The zero-order chi connectivity index (χ0) is 12.6. The second-order valence-electron chi connectivity index (χ2n) is 3.86. The first-order chi connectivity index (χ1) is 7.88. The molecular weight excluding hydrogens is 240 g/mol. The summed E-state index contributed by atoms with van der Waals surface area (Å²) in [6, 6.07) is 6.42. The zero-order valence-corrected chi connectivity index (χ0v) is 10.3. The minimum Gasteiger partial charge on any atom is -0.381 e. The Kier molecular flexibility index (Phi) is 2.66.